The highest BCUT2D eigenvalue weighted by atomic mass is 35.5. The molecule has 1 N–H and O–H groups in total. The van der Waals surface area contributed by atoms with E-state index in [1.807, 2.05) is 0 Å². The van der Waals surface area contributed by atoms with Crippen molar-refractivity contribution in [1.82, 2.24) is 9.97 Å². The lowest BCUT2D eigenvalue weighted by molar-refractivity contribution is 0.0988. The molecule has 0 fully saturated rings. The van der Waals surface area contributed by atoms with Crippen LogP contribution in [0.4, 0.5) is 5.95 Å². The Bertz CT molecular complexity index is 758. The van der Waals surface area contributed by atoms with E-state index in [0.717, 1.165) is 5.69 Å². The fraction of sp³-hybridized carbons (Fsp3) is 0.125. The van der Waals surface area contributed by atoms with Crippen molar-refractivity contribution in [2.24, 2.45) is 0 Å². The van der Waals surface area contributed by atoms with E-state index in [-0.39, 0.29) is 23.7 Å². The van der Waals surface area contributed by atoms with Crippen molar-refractivity contribution in [3.8, 4) is 0 Å². The number of ketones is 2. The SMILES string of the molecule is Cc1cc(Cl)nc(NCC=C2C(=O)c3ccccc3C2=O)n1. The first kappa shape index (κ1) is 14.4. The van der Waals surface area contributed by atoms with Crippen LogP contribution in [-0.4, -0.2) is 28.1 Å². The average Bonchev–Trinajstić information content (AvgIpc) is 2.72. The number of rotatable bonds is 3. The lowest BCUT2D eigenvalue weighted by Gasteiger charge is -2.03. The van der Waals surface area contributed by atoms with Crippen LogP contribution >= 0.6 is 11.6 Å². The van der Waals surface area contributed by atoms with Crippen LogP contribution in [0.3, 0.4) is 0 Å². The summed E-state index contributed by atoms with van der Waals surface area (Å²) in [5.41, 5.74) is 1.81. The van der Waals surface area contributed by atoms with Crippen molar-refractivity contribution < 1.29 is 9.59 Å². The Kier molecular flexibility index (Phi) is 3.73. The van der Waals surface area contributed by atoms with E-state index in [0.29, 0.717) is 22.2 Å². The molecule has 1 aliphatic rings. The second-order valence-electron chi connectivity index (χ2n) is 4.86. The number of nitrogens with zero attached hydrogens (tertiary/aromatic N) is 2. The standard InChI is InChI=1S/C16H12ClN3O2/c1-9-8-13(17)20-16(19-9)18-7-6-12-14(21)10-4-2-3-5-11(10)15(12)22/h2-6,8H,7H2,1H3,(H,18,19,20). The van der Waals surface area contributed by atoms with Crippen LogP contribution < -0.4 is 5.32 Å². The number of halogens is 1. The molecular weight excluding hydrogens is 302 g/mol. The highest BCUT2D eigenvalue weighted by molar-refractivity contribution is 6.39. The van der Waals surface area contributed by atoms with Gasteiger partial charge in [-0.2, -0.15) is 0 Å². The van der Waals surface area contributed by atoms with Gasteiger partial charge in [-0.3, -0.25) is 9.59 Å². The number of carbonyl (C=O) groups excluding carboxylic acids is 2. The van der Waals surface area contributed by atoms with Gasteiger partial charge < -0.3 is 5.32 Å². The van der Waals surface area contributed by atoms with Gasteiger partial charge in [-0.05, 0) is 13.0 Å². The van der Waals surface area contributed by atoms with E-state index in [4.69, 9.17) is 11.6 Å². The quantitative estimate of drug-likeness (QED) is 0.536. The van der Waals surface area contributed by atoms with E-state index in [1.165, 1.54) is 0 Å². The average molecular weight is 314 g/mol. The zero-order valence-electron chi connectivity index (χ0n) is 11.8. The predicted octanol–water partition coefficient (Wildman–Crippen LogP) is 2.86. The molecule has 0 spiro atoms. The first-order valence-electron chi connectivity index (χ1n) is 6.70. The Morgan fingerprint density at radius 3 is 2.36 bits per heavy atom. The van der Waals surface area contributed by atoms with Gasteiger partial charge in [-0.15, -0.1) is 0 Å². The highest BCUT2D eigenvalue weighted by Gasteiger charge is 2.32. The van der Waals surface area contributed by atoms with Crippen LogP contribution in [0.25, 0.3) is 0 Å². The zero-order chi connectivity index (χ0) is 15.7. The van der Waals surface area contributed by atoms with Crippen molar-refractivity contribution in [2.75, 3.05) is 11.9 Å². The van der Waals surface area contributed by atoms with Gasteiger partial charge in [0.05, 0.1) is 5.57 Å². The maximum atomic E-state index is 12.2. The summed E-state index contributed by atoms with van der Waals surface area (Å²) in [5, 5.41) is 3.27. The largest absolute Gasteiger partial charge is 0.351 e. The van der Waals surface area contributed by atoms with Crippen LogP contribution in [0.5, 0.6) is 0 Å². The maximum Gasteiger partial charge on any atom is 0.224 e. The molecule has 0 bridgehead atoms. The minimum atomic E-state index is -0.245. The lowest BCUT2D eigenvalue weighted by Crippen LogP contribution is -2.08. The molecule has 110 valence electrons. The van der Waals surface area contributed by atoms with Gasteiger partial charge in [-0.25, -0.2) is 9.97 Å². The third-order valence-corrected chi connectivity index (χ3v) is 3.49. The normalized spacial score (nSPS) is 13.3. The minimum absolute atomic E-state index is 0.174. The number of anilines is 1. The topological polar surface area (TPSA) is 72.0 Å². The molecule has 6 heteroatoms. The number of hydrogen-bond acceptors (Lipinski definition) is 5. The van der Waals surface area contributed by atoms with Crippen molar-refractivity contribution >= 4 is 29.1 Å². The highest BCUT2D eigenvalue weighted by Crippen LogP contribution is 2.25. The maximum absolute atomic E-state index is 12.2. The molecule has 22 heavy (non-hydrogen) atoms. The molecule has 0 unspecified atom stereocenters. The lowest BCUT2D eigenvalue weighted by atomic mass is 10.1. The molecule has 0 amide bonds. The molecule has 2 aromatic rings. The van der Waals surface area contributed by atoms with Crippen LogP contribution in [-0.2, 0) is 0 Å². The molecule has 0 radical (unpaired) electrons. The minimum Gasteiger partial charge on any atom is -0.351 e. The fourth-order valence-electron chi connectivity index (χ4n) is 2.31. The summed E-state index contributed by atoms with van der Waals surface area (Å²) >= 11 is 5.85. The summed E-state index contributed by atoms with van der Waals surface area (Å²) < 4.78 is 0. The van der Waals surface area contributed by atoms with Gasteiger partial charge in [-0.1, -0.05) is 41.9 Å². The first-order valence-corrected chi connectivity index (χ1v) is 7.07. The molecule has 5 nitrogen and oxygen atoms in total. The number of benzene rings is 1. The second-order valence-corrected chi connectivity index (χ2v) is 5.25. The Morgan fingerprint density at radius 1 is 1.14 bits per heavy atom. The molecule has 0 saturated carbocycles. The summed E-state index contributed by atoms with van der Waals surface area (Å²) in [6, 6.07) is 8.45. The summed E-state index contributed by atoms with van der Waals surface area (Å²) in [4.78, 5) is 32.6. The summed E-state index contributed by atoms with van der Waals surface area (Å²) in [6.07, 6.45) is 1.56. The summed E-state index contributed by atoms with van der Waals surface area (Å²) in [6.45, 7) is 2.07. The number of aromatic nitrogens is 2. The summed E-state index contributed by atoms with van der Waals surface area (Å²) in [7, 11) is 0. The van der Waals surface area contributed by atoms with Crippen LogP contribution in [0.1, 0.15) is 26.4 Å². The van der Waals surface area contributed by atoms with E-state index < -0.39 is 0 Å². The Labute approximate surface area is 132 Å². The van der Waals surface area contributed by atoms with Gasteiger partial charge in [0.25, 0.3) is 0 Å². The smallest absolute Gasteiger partial charge is 0.224 e. The molecule has 0 aliphatic heterocycles. The van der Waals surface area contributed by atoms with Gasteiger partial charge in [0.2, 0.25) is 5.95 Å². The van der Waals surface area contributed by atoms with Crippen molar-refractivity contribution in [1.29, 1.82) is 0 Å². The molecule has 0 atom stereocenters. The predicted molar refractivity (Wildman–Crippen MR) is 83.5 cm³/mol. The van der Waals surface area contributed by atoms with Crippen LogP contribution in [0.2, 0.25) is 5.15 Å². The van der Waals surface area contributed by atoms with Gasteiger partial charge in [0, 0.05) is 23.4 Å². The molecule has 1 aliphatic carbocycles. The third kappa shape index (κ3) is 2.63. The van der Waals surface area contributed by atoms with E-state index in [1.54, 1.807) is 43.3 Å². The monoisotopic (exact) mass is 313 g/mol. The number of fused-ring (bicyclic) bond motifs is 1. The Morgan fingerprint density at radius 2 is 1.77 bits per heavy atom. The van der Waals surface area contributed by atoms with Crippen molar-refractivity contribution in [3.63, 3.8) is 0 Å². The molecule has 1 aromatic carbocycles. The van der Waals surface area contributed by atoms with Gasteiger partial charge >= 0.3 is 0 Å². The third-order valence-electron chi connectivity index (χ3n) is 3.29. The molecule has 1 aromatic heterocycles. The molecule has 1 heterocycles. The summed E-state index contributed by atoms with van der Waals surface area (Å²) in [5.74, 6) is -0.131. The van der Waals surface area contributed by atoms with E-state index in [2.05, 4.69) is 15.3 Å². The van der Waals surface area contributed by atoms with Crippen LogP contribution in [0, 0.1) is 6.92 Å². The van der Waals surface area contributed by atoms with Gasteiger partial charge in [0.15, 0.2) is 11.6 Å². The molecule has 3 rings (SSSR count). The van der Waals surface area contributed by atoms with Crippen LogP contribution in [0.15, 0.2) is 42.0 Å². The molecule has 0 saturated heterocycles. The number of allylic oxidation sites excluding steroid dienone is 1. The second kappa shape index (κ2) is 5.69. The van der Waals surface area contributed by atoms with E-state index >= 15 is 0 Å². The first-order chi connectivity index (χ1) is 10.6. The number of hydrogen-bond donors (Lipinski definition) is 1. The van der Waals surface area contributed by atoms with Gasteiger partial charge in [0.1, 0.15) is 5.15 Å². The van der Waals surface area contributed by atoms with Crippen molar-refractivity contribution in [3.05, 3.63) is 64.0 Å². The Hall–Kier alpha value is -2.53. The Balaban J connectivity index is 1.77. The number of carbonyl (C=O) groups is 2. The zero-order valence-corrected chi connectivity index (χ0v) is 12.5. The fourth-order valence-corrected chi connectivity index (χ4v) is 2.55. The van der Waals surface area contributed by atoms with E-state index in [9.17, 15) is 9.59 Å². The van der Waals surface area contributed by atoms with Crippen molar-refractivity contribution in [2.45, 2.75) is 6.92 Å². The molecular formula is C16H12ClN3O2. The number of nitrogens with one attached hydrogen (secondary N) is 1. The number of aryl methyl sites for hydroxylation is 1. The number of Topliss-reactive ketones (excluding diaryl/α,β-unsaturated/α-hetero) is 2.